The molecule has 0 amide bonds. The smallest absolute Gasteiger partial charge is 0.158 e. The van der Waals surface area contributed by atoms with Crippen molar-refractivity contribution in [3.63, 3.8) is 0 Å². The van der Waals surface area contributed by atoms with E-state index in [2.05, 4.69) is 25.2 Å². The first-order chi connectivity index (χ1) is 9.85. The topological polar surface area (TPSA) is 77.7 Å². The number of rotatable bonds is 3. The normalized spacial score (nSPS) is 14.1. The Kier molecular flexibility index (Phi) is 3.42. The lowest BCUT2D eigenvalue weighted by Gasteiger charge is -2.16. The molecule has 6 heteroatoms. The third-order valence-electron chi connectivity index (χ3n) is 3.22. The molecule has 3 heterocycles. The van der Waals surface area contributed by atoms with Crippen LogP contribution < -0.4 is 10.2 Å². The van der Waals surface area contributed by atoms with Gasteiger partial charge in [-0.3, -0.25) is 0 Å². The predicted octanol–water partition coefficient (Wildman–Crippen LogP) is 2.09. The fourth-order valence-corrected chi connectivity index (χ4v) is 2.19. The molecule has 0 aromatic carbocycles. The van der Waals surface area contributed by atoms with E-state index < -0.39 is 0 Å². The van der Waals surface area contributed by atoms with Crippen molar-refractivity contribution >= 4 is 17.3 Å². The van der Waals surface area contributed by atoms with Crippen LogP contribution in [0.25, 0.3) is 0 Å². The highest BCUT2D eigenvalue weighted by Gasteiger charge is 2.12. The van der Waals surface area contributed by atoms with E-state index in [0.717, 1.165) is 24.6 Å². The van der Waals surface area contributed by atoms with E-state index >= 15 is 0 Å². The second-order valence-electron chi connectivity index (χ2n) is 4.62. The van der Waals surface area contributed by atoms with Crippen LogP contribution in [0.2, 0.25) is 0 Å². The van der Waals surface area contributed by atoms with Crippen molar-refractivity contribution in [1.82, 2.24) is 15.0 Å². The summed E-state index contributed by atoms with van der Waals surface area (Å²) in [6.07, 6.45) is 7.24. The van der Waals surface area contributed by atoms with Gasteiger partial charge in [0, 0.05) is 13.1 Å². The first-order valence-electron chi connectivity index (χ1n) is 6.55. The average molecular weight is 266 g/mol. The number of hydrogen-bond donors (Lipinski definition) is 1. The fourth-order valence-electron chi connectivity index (χ4n) is 2.19. The Morgan fingerprint density at radius 1 is 1.05 bits per heavy atom. The van der Waals surface area contributed by atoms with E-state index in [0.29, 0.717) is 11.5 Å². The molecule has 1 saturated heterocycles. The van der Waals surface area contributed by atoms with Crippen LogP contribution in [-0.2, 0) is 0 Å². The molecule has 0 unspecified atom stereocenters. The fraction of sp³-hybridized carbons (Fsp3) is 0.286. The van der Waals surface area contributed by atoms with Gasteiger partial charge in [0.15, 0.2) is 5.69 Å². The Labute approximate surface area is 117 Å². The highest BCUT2D eigenvalue weighted by Crippen LogP contribution is 2.20. The molecule has 6 nitrogen and oxygen atoms in total. The summed E-state index contributed by atoms with van der Waals surface area (Å²) in [6, 6.07) is 5.91. The molecule has 1 aliphatic rings. The molecule has 0 aliphatic carbocycles. The molecule has 1 aliphatic heterocycles. The SMILES string of the molecule is N#Cc1cnc(Nc2ccc(N3CCCC3)nc2)cn1. The van der Waals surface area contributed by atoms with Crippen molar-refractivity contribution in [2.45, 2.75) is 12.8 Å². The van der Waals surface area contributed by atoms with Gasteiger partial charge in [0.25, 0.3) is 0 Å². The molecule has 0 atom stereocenters. The maximum Gasteiger partial charge on any atom is 0.158 e. The Balaban J connectivity index is 1.69. The zero-order valence-corrected chi connectivity index (χ0v) is 11.0. The van der Waals surface area contributed by atoms with Crippen molar-refractivity contribution < 1.29 is 0 Å². The Hall–Kier alpha value is -2.68. The lowest BCUT2D eigenvalue weighted by Crippen LogP contribution is -2.18. The summed E-state index contributed by atoms with van der Waals surface area (Å²) >= 11 is 0. The van der Waals surface area contributed by atoms with E-state index in [1.54, 1.807) is 6.20 Å². The quantitative estimate of drug-likeness (QED) is 0.916. The maximum absolute atomic E-state index is 8.67. The Morgan fingerprint density at radius 3 is 2.50 bits per heavy atom. The van der Waals surface area contributed by atoms with Crippen LogP contribution >= 0.6 is 0 Å². The molecule has 0 spiro atoms. The number of aromatic nitrogens is 3. The Bertz CT molecular complexity index is 608. The minimum Gasteiger partial charge on any atom is -0.357 e. The number of pyridine rings is 1. The summed E-state index contributed by atoms with van der Waals surface area (Å²) in [4.78, 5) is 14.8. The van der Waals surface area contributed by atoms with Gasteiger partial charge in [0.2, 0.25) is 0 Å². The van der Waals surface area contributed by atoms with Crippen LogP contribution in [0.4, 0.5) is 17.3 Å². The monoisotopic (exact) mass is 266 g/mol. The molecule has 1 fully saturated rings. The van der Waals surface area contributed by atoms with Crippen molar-refractivity contribution in [3.05, 3.63) is 36.4 Å². The standard InChI is InChI=1S/C14H14N6/c15-7-12-9-17-13(10-16-12)19-11-3-4-14(18-8-11)20-5-1-2-6-20/h3-4,8-10H,1-2,5-6H2,(H,17,19). The lowest BCUT2D eigenvalue weighted by atomic mass is 10.4. The molecule has 0 bridgehead atoms. The van der Waals surface area contributed by atoms with E-state index in [1.807, 2.05) is 18.2 Å². The average Bonchev–Trinajstić information content (AvgIpc) is 3.03. The van der Waals surface area contributed by atoms with Gasteiger partial charge in [0.05, 0.1) is 24.3 Å². The first-order valence-corrected chi connectivity index (χ1v) is 6.55. The van der Waals surface area contributed by atoms with Gasteiger partial charge in [-0.25, -0.2) is 15.0 Å². The minimum absolute atomic E-state index is 0.304. The van der Waals surface area contributed by atoms with Gasteiger partial charge in [-0.1, -0.05) is 0 Å². The number of nitrogens with zero attached hydrogens (tertiary/aromatic N) is 5. The number of nitriles is 1. The molecular weight excluding hydrogens is 252 g/mol. The van der Waals surface area contributed by atoms with E-state index in [1.165, 1.54) is 25.2 Å². The van der Waals surface area contributed by atoms with Crippen molar-refractivity contribution in [2.24, 2.45) is 0 Å². The first kappa shape index (κ1) is 12.4. The molecule has 0 saturated carbocycles. The molecule has 1 N–H and O–H groups in total. The zero-order chi connectivity index (χ0) is 13.8. The highest BCUT2D eigenvalue weighted by molar-refractivity contribution is 5.56. The Morgan fingerprint density at radius 2 is 1.90 bits per heavy atom. The molecule has 3 rings (SSSR count). The van der Waals surface area contributed by atoms with Gasteiger partial charge in [-0.15, -0.1) is 0 Å². The van der Waals surface area contributed by atoms with Crippen molar-refractivity contribution in [2.75, 3.05) is 23.3 Å². The predicted molar refractivity (Wildman–Crippen MR) is 75.7 cm³/mol. The molecular formula is C14H14N6. The van der Waals surface area contributed by atoms with E-state index in [4.69, 9.17) is 5.26 Å². The maximum atomic E-state index is 8.67. The zero-order valence-electron chi connectivity index (χ0n) is 11.0. The van der Waals surface area contributed by atoms with Gasteiger partial charge < -0.3 is 10.2 Å². The van der Waals surface area contributed by atoms with Gasteiger partial charge >= 0.3 is 0 Å². The molecule has 2 aromatic heterocycles. The van der Waals surface area contributed by atoms with E-state index in [9.17, 15) is 0 Å². The van der Waals surface area contributed by atoms with Crippen LogP contribution in [0, 0.1) is 11.3 Å². The summed E-state index contributed by atoms with van der Waals surface area (Å²) in [5.74, 6) is 1.61. The second kappa shape index (κ2) is 5.53. The summed E-state index contributed by atoms with van der Waals surface area (Å²) in [7, 11) is 0. The largest absolute Gasteiger partial charge is 0.357 e. The molecule has 0 radical (unpaired) electrons. The minimum atomic E-state index is 0.304. The van der Waals surface area contributed by atoms with Gasteiger partial charge in [0.1, 0.15) is 17.7 Å². The van der Waals surface area contributed by atoms with Crippen LogP contribution in [0.15, 0.2) is 30.7 Å². The highest BCUT2D eigenvalue weighted by atomic mass is 15.2. The molecule has 2 aromatic rings. The van der Waals surface area contributed by atoms with Gasteiger partial charge in [-0.05, 0) is 25.0 Å². The molecule has 100 valence electrons. The van der Waals surface area contributed by atoms with E-state index in [-0.39, 0.29) is 0 Å². The number of anilines is 3. The van der Waals surface area contributed by atoms with Crippen molar-refractivity contribution in [3.8, 4) is 6.07 Å². The summed E-state index contributed by atoms with van der Waals surface area (Å²) in [5, 5.41) is 11.8. The summed E-state index contributed by atoms with van der Waals surface area (Å²) in [5.41, 5.74) is 1.16. The van der Waals surface area contributed by atoms with Crippen molar-refractivity contribution in [1.29, 1.82) is 5.26 Å². The third kappa shape index (κ3) is 2.67. The van der Waals surface area contributed by atoms with Crippen LogP contribution in [0.1, 0.15) is 18.5 Å². The molecule has 20 heavy (non-hydrogen) atoms. The third-order valence-corrected chi connectivity index (χ3v) is 3.22. The van der Waals surface area contributed by atoms with Crippen LogP contribution in [-0.4, -0.2) is 28.0 Å². The summed E-state index contributed by atoms with van der Waals surface area (Å²) in [6.45, 7) is 2.17. The van der Waals surface area contributed by atoms with Crippen LogP contribution in [0.3, 0.4) is 0 Å². The van der Waals surface area contributed by atoms with Crippen LogP contribution in [0.5, 0.6) is 0 Å². The summed E-state index contributed by atoms with van der Waals surface area (Å²) < 4.78 is 0. The number of nitrogens with one attached hydrogen (secondary N) is 1. The van der Waals surface area contributed by atoms with Gasteiger partial charge in [-0.2, -0.15) is 5.26 Å². The second-order valence-corrected chi connectivity index (χ2v) is 4.62. The lowest BCUT2D eigenvalue weighted by molar-refractivity contribution is 0.938. The number of hydrogen-bond acceptors (Lipinski definition) is 6.